The van der Waals surface area contributed by atoms with Crippen LogP contribution < -0.4 is 16.2 Å². The molecule has 4 rings (SSSR count). The number of aliphatic carboxylic acids is 1. The van der Waals surface area contributed by atoms with E-state index in [0.29, 0.717) is 41.8 Å². The molecule has 1 aliphatic rings. The number of halogens is 3. The minimum Gasteiger partial charge on any atom is -0.542 e. The van der Waals surface area contributed by atoms with Crippen molar-refractivity contribution in [2.45, 2.75) is 64.0 Å². The highest BCUT2D eigenvalue weighted by Crippen LogP contribution is 2.30. The molecule has 12 nitrogen and oxygen atoms in total. The van der Waals surface area contributed by atoms with Crippen molar-refractivity contribution in [1.29, 1.82) is 0 Å². The second-order valence-electron chi connectivity index (χ2n) is 12.8. The molecule has 1 unspecified atom stereocenters. The number of carboxylic acids is 1. The number of alkyl halides is 3. The summed E-state index contributed by atoms with van der Waals surface area (Å²) >= 11 is 0. The molecule has 0 bridgehead atoms. The van der Waals surface area contributed by atoms with E-state index in [9.17, 15) is 37.8 Å². The van der Waals surface area contributed by atoms with Crippen molar-refractivity contribution in [3.8, 4) is 11.5 Å². The van der Waals surface area contributed by atoms with Gasteiger partial charge in [0, 0.05) is 17.7 Å². The first kappa shape index (κ1) is 40.9. The number of carboxylic acid groups (broad SMARTS) is 1. The molecule has 15 heteroatoms. The van der Waals surface area contributed by atoms with E-state index in [1.54, 1.807) is 67.3 Å². The maximum atomic E-state index is 14.2. The molecule has 0 spiro atoms. The van der Waals surface area contributed by atoms with Gasteiger partial charge in [0.2, 0.25) is 5.91 Å². The van der Waals surface area contributed by atoms with Gasteiger partial charge >= 0.3 is 18.2 Å². The zero-order valence-corrected chi connectivity index (χ0v) is 28.8. The summed E-state index contributed by atoms with van der Waals surface area (Å²) in [6.07, 6.45) is -1.99. The first-order chi connectivity index (χ1) is 24.4. The third-order valence-electron chi connectivity index (χ3n) is 8.32. The largest absolute Gasteiger partial charge is 0.542 e. The number of rotatable bonds is 12. The normalized spacial score (nSPS) is 17.5. The fourth-order valence-electron chi connectivity index (χ4n) is 6.12. The SMILES string of the molecule is C=CC[N+]1(Cc2cccc(O)c2)CCC[C@@H](N(C(=O)Nc2ccc(C(=O)OC(C)C)cc2)[C@@H](Cc2ccc(O)cc2)C(N)=O)C1.O=C([O-])C(F)(F)F. The molecule has 0 saturated carbocycles. The van der Waals surface area contributed by atoms with Crippen molar-refractivity contribution in [3.05, 3.63) is 102 Å². The topological polar surface area (TPSA) is 182 Å². The number of aromatic hydroxyl groups is 2. The third-order valence-corrected chi connectivity index (χ3v) is 8.32. The van der Waals surface area contributed by atoms with Crippen LogP contribution in [0, 0.1) is 0 Å². The zero-order valence-electron chi connectivity index (χ0n) is 28.8. The molecule has 5 N–H and O–H groups in total. The monoisotopic (exact) mass is 728 g/mol. The van der Waals surface area contributed by atoms with Crippen LogP contribution in [-0.4, -0.2) is 87.5 Å². The van der Waals surface area contributed by atoms with E-state index in [0.717, 1.165) is 24.1 Å². The van der Waals surface area contributed by atoms with Crippen LogP contribution in [0.3, 0.4) is 0 Å². The highest BCUT2D eigenvalue weighted by Gasteiger charge is 2.42. The average molecular weight is 729 g/mol. The molecule has 3 aromatic rings. The highest BCUT2D eigenvalue weighted by molar-refractivity contribution is 5.95. The number of anilines is 1. The number of nitrogens with one attached hydrogen (secondary N) is 1. The number of ether oxygens (including phenoxy) is 1. The highest BCUT2D eigenvalue weighted by atomic mass is 19.4. The van der Waals surface area contributed by atoms with E-state index in [2.05, 4.69) is 11.9 Å². The Bertz CT molecular complexity index is 1700. The predicted octanol–water partition coefficient (Wildman–Crippen LogP) is 4.26. The number of primary amides is 1. The lowest BCUT2D eigenvalue weighted by Crippen LogP contribution is -2.64. The Morgan fingerprint density at radius 2 is 1.67 bits per heavy atom. The molecule has 1 aliphatic heterocycles. The van der Waals surface area contributed by atoms with Crippen molar-refractivity contribution in [2.75, 3.05) is 25.0 Å². The first-order valence-corrected chi connectivity index (χ1v) is 16.4. The number of esters is 1. The minimum absolute atomic E-state index is 0.0930. The molecule has 3 amide bonds. The number of hydrogen-bond acceptors (Lipinski definition) is 8. The fourth-order valence-corrected chi connectivity index (χ4v) is 6.12. The average Bonchev–Trinajstić information content (AvgIpc) is 3.05. The number of hydrogen-bond donors (Lipinski definition) is 4. The van der Waals surface area contributed by atoms with Gasteiger partial charge in [0.05, 0.1) is 30.8 Å². The molecular formula is C37H43F3N4O8. The molecule has 0 aromatic heterocycles. The Labute approximate surface area is 299 Å². The van der Waals surface area contributed by atoms with Crippen molar-refractivity contribution < 1.29 is 56.9 Å². The Morgan fingerprint density at radius 3 is 2.21 bits per heavy atom. The molecule has 1 fully saturated rings. The lowest BCUT2D eigenvalue weighted by Gasteiger charge is -2.48. The van der Waals surface area contributed by atoms with Gasteiger partial charge < -0.3 is 45.3 Å². The van der Waals surface area contributed by atoms with Crippen molar-refractivity contribution in [3.63, 3.8) is 0 Å². The number of nitrogens with zero attached hydrogens (tertiary/aromatic N) is 2. The number of phenols is 2. The Balaban J connectivity index is 0.000000944. The Morgan fingerprint density at radius 1 is 1.04 bits per heavy atom. The second-order valence-corrected chi connectivity index (χ2v) is 12.8. The zero-order chi connectivity index (χ0) is 38.6. The van der Waals surface area contributed by atoms with Crippen molar-refractivity contribution >= 4 is 29.6 Å². The van der Waals surface area contributed by atoms with Gasteiger partial charge in [-0.25, -0.2) is 9.59 Å². The van der Waals surface area contributed by atoms with E-state index >= 15 is 0 Å². The van der Waals surface area contributed by atoms with Gasteiger partial charge in [-0.2, -0.15) is 13.2 Å². The molecule has 1 heterocycles. The van der Waals surface area contributed by atoms with Crippen LogP contribution in [0.1, 0.15) is 48.2 Å². The quantitative estimate of drug-likeness (QED) is 0.121. The number of likely N-dealkylation sites (tertiary alicyclic amines) is 1. The van der Waals surface area contributed by atoms with Crippen LogP contribution in [0.15, 0.2) is 85.5 Å². The molecular weight excluding hydrogens is 685 g/mol. The lowest BCUT2D eigenvalue weighted by atomic mass is 9.95. The van der Waals surface area contributed by atoms with Gasteiger partial charge in [-0.05, 0) is 86.9 Å². The van der Waals surface area contributed by atoms with E-state index < -0.39 is 36.1 Å². The number of phenolic OH excluding ortho intramolecular Hbond substituents is 2. The fraction of sp³-hybridized carbons (Fsp3) is 0.351. The van der Waals surface area contributed by atoms with Gasteiger partial charge in [-0.3, -0.25) is 4.79 Å². The number of amides is 3. The molecule has 3 aromatic carbocycles. The summed E-state index contributed by atoms with van der Waals surface area (Å²) in [5.74, 6) is -3.84. The maximum absolute atomic E-state index is 14.2. The standard InChI is InChI=1S/C35H42N4O6.C2HF3O2/c1-4-18-39(22-26-7-5-9-31(41)20-26)19-6-8-29(23-39)38(32(33(36)42)21-25-10-16-30(40)17-11-25)35(44)37-28-14-12-27(13-15-28)34(43)45-24(2)3;3-2(4,5)1(6)7/h4-5,7,9-17,20,24,29,32H,1,6,8,18-19,21-23H2,2-3H3,(H4-,36,37,40,41,42,43,44);(H,6,7)/t29-,32+,39?;/m1./s1. The van der Waals surface area contributed by atoms with Gasteiger partial charge in [-0.15, -0.1) is 0 Å². The molecule has 0 aliphatic carbocycles. The van der Waals surface area contributed by atoms with E-state index in [4.69, 9.17) is 20.4 Å². The van der Waals surface area contributed by atoms with Gasteiger partial charge in [0.15, 0.2) is 0 Å². The summed E-state index contributed by atoms with van der Waals surface area (Å²) in [5.41, 5.74) is 8.50. The Kier molecular flexibility index (Phi) is 14.2. The predicted molar refractivity (Wildman–Crippen MR) is 184 cm³/mol. The summed E-state index contributed by atoms with van der Waals surface area (Å²) in [6, 6.07) is 18.2. The number of piperidine rings is 1. The van der Waals surface area contributed by atoms with Crippen LogP contribution in [0.25, 0.3) is 0 Å². The number of benzene rings is 3. The van der Waals surface area contributed by atoms with Crippen LogP contribution in [-0.2, 0) is 27.3 Å². The van der Waals surface area contributed by atoms with Crippen LogP contribution in [0.5, 0.6) is 11.5 Å². The van der Waals surface area contributed by atoms with Crippen LogP contribution in [0.4, 0.5) is 23.7 Å². The molecule has 3 atom stereocenters. The van der Waals surface area contributed by atoms with Gasteiger partial charge in [0.25, 0.3) is 0 Å². The van der Waals surface area contributed by atoms with E-state index in [1.165, 1.54) is 12.1 Å². The lowest BCUT2D eigenvalue weighted by molar-refractivity contribution is -0.941. The summed E-state index contributed by atoms with van der Waals surface area (Å²) in [4.78, 5) is 49.9. The number of carbonyl (C=O) groups is 4. The van der Waals surface area contributed by atoms with Crippen LogP contribution in [0.2, 0.25) is 0 Å². The Hall–Kier alpha value is -5.57. The summed E-state index contributed by atoms with van der Waals surface area (Å²) < 4.78 is 37.4. The smallest absolute Gasteiger partial charge is 0.430 e. The molecule has 280 valence electrons. The van der Waals surface area contributed by atoms with E-state index in [-0.39, 0.29) is 30.1 Å². The van der Waals surface area contributed by atoms with Gasteiger partial charge in [0.1, 0.15) is 36.6 Å². The van der Waals surface area contributed by atoms with Crippen molar-refractivity contribution in [1.82, 2.24) is 4.90 Å². The minimum atomic E-state index is -5.19. The summed E-state index contributed by atoms with van der Waals surface area (Å²) in [7, 11) is 0. The molecule has 0 radical (unpaired) electrons. The molecule has 1 saturated heterocycles. The third kappa shape index (κ3) is 12.0. The number of quaternary nitrogens is 1. The molecule has 52 heavy (non-hydrogen) atoms. The summed E-state index contributed by atoms with van der Waals surface area (Å²) in [6.45, 7) is 10.1. The summed E-state index contributed by atoms with van der Waals surface area (Å²) in [5, 5.41) is 31.6. The van der Waals surface area contributed by atoms with Gasteiger partial charge in [-0.1, -0.05) is 30.8 Å². The van der Waals surface area contributed by atoms with Crippen molar-refractivity contribution in [2.24, 2.45) is 5.73 Å². The van der Waals surface area contributed by atoms with E-state index in [1.807, 2.05) is 18.2 Å². The second kappa shape index (κ2) is 18.1. The number of urea groups is 1. The maximum Gasteiger partial charge on any atom is 0.430 e. The van der Waals surface area contributed by atoms with Crippen LogP contribution >= 0.6 is 0 Å². The first-order valence-electron chi connectivity index (χ1n) is 16.4. The number of carbonyl (C=O) groups excluding carboxylic acids is 4. The number of nitrogens with two attached hydrogens (primary N) is 1.